The number of benzene rings is 1. The van der Waals surface area contributed by atoms with Gasteiger partial charge in [-0.15, -0.1) is 0 Å². The molecule has 1 saturated carbocycles. The molecular formula is C21H32N2O2. The van der Waals surface area contributed by atoms with Crippen LogP contribution in [0.1, 0.15) is 56.9 Å². The lowest BCUT2D eigenvalue weighted by molar-refractivity contribution is -0.121. The quantitative estimate of drug-likeness (QED) is 0.784. The van der Waals surface area contributed by atoms with Crippen LogP contribution in [-0.4, -0.2) is 43.6 Å². The normalized spacial score (nSPS) is 20.7. The Morgan fingerprint density at radius 1 is 1.20 bits per heavy atom. The molecule has 25 heavy (non-hydrogen) atoms. The summed E-state index contributed by atoms with van der Waals surface area (Å²) >= 11 is 0. The Hall–Kier alpha value is -1.55. The fraction of sp³-hybridized carbons (Fsp3) is 0.667. The first-order valence-corrected chi connectivity index (χ1v) is 9.82. The van der Waals surface area contributed by atoms with Crippen molar-refractivity contribution in [3.05, 3.63) is 29.8 Å². The summed E-state index contributed by atoms with van der Waals surface area (Å²) in [6.07, 6.45) is 7.02. The monoisotopic (exact) mass is 344 g/mol. The zero-order valence-corrected chi connectivity index (χ0v) is 15.7. The van der Waals surface area contributed by atoms with Crippen molar-refractivity contribution in [2.24, 2.45) is 5.92 Å². The second-order valence-corrected chi connectivity index (χ2v) is 7.67. The van der Waals surface area contributed by atoms with Crippen LogP contribution in [0.25, 0.3) is 0 Å². The maximum Gasteiger partial charge on any atom is 0.220 e. The molecule has 0 bridgehead atoms. The highest BCUT2D eigenvalue weighted by atomic mass is 16.5. The largest absolute Gasteiger partial charge is 0.497 e. The van der Waals surface area contributed by atoms with E-state index in [9.17, 15) is 4.79 Å². The average molecular weight is 344 g/mol. The maximum absolute atomic E-state index is 12.5. The van der Waals surface area contributed by atoms with Gasteiger partial charge in [-0.2, -0.15) is 0 Å². The van der Waals surface area contributed by atoms with Crippen LogP contribution in [0.2, 0.25) is 0 Å². The molecule has 1 saturated heterocycles. The molecule has 4 heteroatoms. The van der Waals surface area contributed by atoms with E-state index in [1.54, 1.807) is 7.11 Å². The number of ether oxygens (including phenoxy) is 1. The Balaban J connectivity index is 1.50. The van der Waals surface area contributed by atoms with Gasteiger partial charge in [-0.25, -0.2) is 0 Å². The van der Waals surface area contributed by atoms with Gasteiger partial charge in [0.2, 0.25) is 5.91 Å². The second-order valence-electron chi connectivity index (χ2n) is 7.67. The Kier molecular flexibility index (Phi) is 6.35. The van der Waals surface area contributed by atoms with Gasteiger partial charge in [0.1, 0.15) is 5.75 Å². The molecule has 1 heterocycles. The summed E-state index contributed by atoms with van der Waals surface area (Å²) in [6.45, 7) is 5.34. The van der Waals surface area contributed by atoms with Gasteiger partial charge in [-0.3, -0.25) is 9.69 Å². The van der Waals surface area contributed by atoms with E-state index >= 15 is 0 Å². The van der Waals surface area contributed by atoms with E-state index in [4.69, 9.17) is 4.74 Å². The summed E-state index contributed by atoms with van der Waals surface area (Å²) in [5, 5.41) is 3.18. The SMILES string of the molecule is COc1ccc(C(CC(=O)NCC(C)N2CCCCC2)C2CC2)cc1. The molecule has 2 fully saturated rings. The van der Waals surface area contributed by atoms with Crippen molar-refractivity contribution in [2.45, 2.75) is 57.4 Å². The van der Waals surface area contributed by atoms with Crippen LogP contribution < -0.4 is 10.1 Å². The molecule has 1 aromatic rings. The number of piperidine rings is 1. The standard InChI is InChI=1S/C21H32N2O2/c1-16(23-12-4-3-5-13-23)15-22-21(24)14-20(17-6-7-17)18-8-10-19(25-2)11-9-18/h8-11,16-17,20H,3-7,12-15H2,1-2H3,(H,22,24). The van der Waals surface area contributed by atoms with Crippen molar-refractivity contribution in [1.82, 2.24) is 10.2 Å². The number of methoxy groups -OCH3 is 1. The van der Waals surface area contributed by atoms with E-state index in [1.807, 2.05) is 12.1 Å². The number of amides is 1. The number of hydrogen-bond acceptors (Lipinski definition) is 3. The van der Waals surface area contributed by atoms with Crippen LogP contribution in [0.4, 0.5) is 0 Å². The van der Waals surface area contributed by atoms with Crippen molar-refractivity contribution in [1.29, 1.82) is 0 Å². The van der Waals surface area contributed by atoms with Crippen LogP contribution in [-0.2, 0) is 4.79 Å². The minimum Gasteiger partial charge on any atom is -0.497 e. The Morgan fingerprint density at radius 2 is 1.88 bits per heavy atom. The van der Waals surface area contributed by atoms with E-state index in [1.165, 1.54) is 50.8 Å². The number of hydrogen-bond donors (Lipinski definition) is 1. The minimum atomic E-state index is 0.191. The summed E-state index contributed by atoms with van der Waals surface area (Å²) in [4.78, 5) is 15.0. The predicted octanol–water partition coefficient (Wildman–Crippen LogP) is 3.57. The molecule has 2 aliphatic rings. The molecule has 138 valence electrons. The van der Waals surface area contributed by atoms with E-state index in [0.29, 0.717) is 24.3 Å². The summed E-state index contributed by atoms with van der Waals surface area (Å²) in [7, 11) is 1.68. The predicted molar refractivity (Wildman–Crippen MR) is 101 cm³/mol. The van der Waals surface area contributed by atoms with Crippen molar-refractivity contribution in [2.75, 3.05) is 26.7 Å². The lowest BCUT2D eigenvalue weighted by Crippen LogP contribution is -2.44. The summed E-state index contributed by atoms with van der Waals surface area (Å²) in [5.41, 5.74) is 1.27. The summed E-state index contributed by atoms with van der Waals surface area (Å²) in [5.74, 6) is 2.07. The number of nitrogens with one attached hydrogen (secondary N) is 1. The summed E-state index contributed by atoms with van der Waals surface area (Å²) in [6, 6.07) is 8.67. The summed E-state index contributed by atoms with van der Waals surface area (Å²) < 4.78 is 5.24. The molecule has 0 spiro atoms. The first kappa shape index (κ1) is 18.2. The van der Waals surface area contributed by atoms with Crippen LogP contribution >= 0.6 is 0 Å². The first-order valence-electron chi connectivity index (χ1n) is 9.82. The zero-order valence-electron chi connectivity index (χ0n) is 15.7. The molecular weight excluding hydrogens is 312 g/mol. The molecule has 2 unspecified atom stereocenters. The molecule has 2 atom stereocenters. The van der Waals surface area contributed by atoms with Gasteiger partial charge in [0, 0.05) is 19.0 Å². The number of nitrogens with zero attached hydrogens (tertiary/aromatic N) is 1. The van der Waals surface area contributed by atoms with Crippen LogP contribution in [0.15, 0.2) is 24.3 Å². The fourth-order valence-corrected chi connectivity index (χ4v) is 3.93. The van der Waals surface area contributed by atoms with Gasteiger partial charge in [0.05, 0.1) is 7.11 Å². The van der Waals surface area contributed by atoms with Gasteiger partial charge >= 0.3 is 0 Å². The van der Waals surface area contributed by atoms with Crippen molar-refractivity contribution < 1.29 is 9.53 Å². The van der Waals surface area contributed by atoms with Gasteiger partial charge in [0.25, 0.3) is 0 Å². The highest BCUT2D eigenvalue weighted by Crippen LogP contribution is 2.44. The number of carbonyl (C=O) groups is 1. The molecule has 1 aromatic carbocycles. The maximum atomic E-state index is 12.5. The van der Waals surface area contributed by atoms with Gasteiger partial charge in [-0.05, 0) is 75.2 Å². The zero-order chi connectivity index (χ0) is 17.6. The van der Waals surface area contributed by atoms with Crippen LogP contribution in [0.5, 0.6) is 5.75 Å². The highest BCUT2D eigenvalue weighted by molar-refractivity contribution is 5.77. The minimum absolute atomic E-state index is 0.191. The molecule has 0 aromatic heterocycles. The van der Waals surface area contributed by atoms with Crippen molar-refractivity contribution in [3.8, 4) is 5.75 Å². The van der Waals surface area contributed by atoms with Crippen LogP contribution in [0, 0.1) is 5.92 Å². The molecule has 3 rings (SSSR count). The average Bonchev–Trinajstić information content (AvgIpc) is 3.50. The van der Waals surface area contributed by atoms with Crippen LogP contribution in [0.3, 0.4) is 0 Å². The van der Waals surface area contributed by atoms with Gasteiger partial charge in [-0.1, -0.05) is 18.6 Å². The van der Waals surface area contributed by atoms with E-state index in [0.717, 1.165) is 12.3 Å². The van der Waals surface area contributed by atoms with E-state index in [2.05, 4.69) is 29.3 Å². The van der Waals surface area contributed by atoms with Crippen molar-refractivity contribution >= 4 is 5.91 Å². The highest BCUT2D eigenvalue weighted by Gasteiger charge is 2.33. The Labute approximate surface area is 151 Å². The molecule has 1 N–H and O–H groups in total. The molecule has 1 aliphatic heterocycles. The molecule has 1 aliphatic carbocycles. The van der Waals surface area contributed by atoms with Gasteiger partial charge in [0.15, 0.2) is 0 Å². The number of rotatable bonds is 8. The fourth-order valence-electron chi connectivity index (χ4n) is 3.93. The third kappa shape index (κ3) is 5.21. The van der Waals surface area contributed by atoms with Gasteiger partial charge < -0.3 is 10.1 Å². The Morgan fingerprint density at radius 3 is 2.48 bits per heavy atom. The molecule has 4 nitrogen and oxygen atoms in total. The lowest BCUT2D eigenvalue weighted by Gasteiger charge is -2.32. The molecule has 0 radical (unpaired) electrons. The topological polar surface area (TPSA) is 41.6 Å². The Bertz CT molecular complexity index is 548. The number of carbonyl (C=O) groups excluding carboxylic acids is 1. The van der Waals surface area contributed by atoms with Crippen molar-refractivity contribution in [3.63, 3.8) is 0 Å². The number of likely N-dealkylation sites (tertiary alicyclic amines) is 1. The lowest BCUT2D eigenvalue weighted by atomic mass is 9.90. The first-order chi connectivity index (χ1) is 12.2. The van der Waals surface area contributed by atoms with E-state index < -0.39 is 0 Å². The molecule has 1 amide bonds. The third-order valence-electron chi connectivity index (χ3n) is 5.75. The second kappa shape index (κ2) is 8.70. The smallest absolute Gasteiger partial charge is 0.220 e. The van der Waals surface area contributed by atoms with E-state index in [-0.39, 0.29) is 5.91 Å². The third-order valence-corrected chi connectivity index (χ3v) is 5.75.